The number of aromatic hydroxyl groups is 1. The average molecular weight is 628 g/mol. The molecule has 2 N–H and O–H groups in total. The van der Waals surface area contributed by atoms with Crippen molar-refractivity contribution in [2.75, 3.05) is 18.9 Å². The van der Waals surface area contributed by atoms with Crippen LogP contribution in [0.15, 0.2) is 77.7 Å². The normalized spacial score (nSPS) is 12.4. The van der Waals surface area contributed by atoms with Gasteiger partial charge in [0.05, 0.1) is 35.8 Å². The Hall–Kier alpha value is -4.50. The van der Waals surface area contributed by atoms with Crippen molar-refractivity contribution < 1.29 is 23.0 Å². The molecule has 8 nitrogen and oxygen atoms in total. The number of phenols is 1. The van der Waals surface area contributed by atoms with Crippen LogP contribution in [0.3, 0.4) is 0 Å². The van der Waals surface area contributed by atoms with Crippen molar-refractivity contribution in [3.8, 4) is 34.3 Å². The summed E-state index contributed by atoms with van der Waals surface area (Å²) in [6.07, 6.45) is 0. The van der Waals surface area contributed by atoms with E-state index in [4.69, 9.17) is 14.5 Å². The van der Waals surface area contributed by atoms with Gasteiger partial charge in [0, 0.05) is 34.5 Å². The first-order valence-electron chi connectivity index (χ1n) is 14.8. The molecule has 0 aliphatic carbocycles. The third-order valence-corrected chi connectivity index (χ3v) is 9.25. The number of ether oxygens (including phenoxy) is 2. The molecule has 0 fully saturated rings. The van der Waals surface area contributed by atoms with E-state index >= 15 is 0 Å². The molecule has 0 radical (unpaired) electrons. The van der Waals surface area contributed by atoms with Gasteiger partial charge in [0.15, 0.2) is 11.5 Å². The molecule has 1 aromatic heterocycles. The Bertz CT molecular complexity index is 1960. The van der Waals surface area contributed by atoms with Crippen LogP contribution in [0, 0.1) is 6.92 Å². The number of anilines is 1. The van der Waals surface area contributed by atoms with Crippen molar-refractivity contribution in [2.24, 2.45) is 0 Å². The summed E-state index contributed by atoms with van der Waals surface area (Å²) in [5, 5.41) is 11.5. The minimum atomic E-state index is -3.91. The Kier molecular flexibility index (Phi) is 8.12. The number of nitrogens with one attached hydrogen (secondary N) is 1. The number of aromatic nitrogens is 2. The largest absolute Gasteiger partial charge is 0.507 e. The summed E-state index contributed by atoms with van der Waals surface area (Å²) in [6, 6.07) is 21.5. The van der Waals surface area contributed by atoms with Crippen LogP contribution in [0.25, 0.3) is 28.1 Å². The van der Waals surface area contributed by atoms with E-state index in [9.17, 15) is 13.5 Å². The number of hydrogen-bond donors (Lipinski definition) is 2. The van der Waals surface area contributed by atoms with Gasteiger partial charge in [-0.2, -0.15) is 0 Å². The summed E-state index contributed by atoms with van der Waals surface area (Å²) in [6.45, 7) is 14.3. The number of methoxy groups -OCH3 is 2. The number of hydrogen-bond acceptors (Lipinski definition) is 6. The van der Waals surface area contributed by atoms with Crippen molar-refractivity contribution in [3.63, 3.8) is 0 Å². The Morgan fingerprint density at radius 2 is 1.36 bits per heavy atom. The highest BCUT2D eigenvalue weighted by atomic mass is 32.2. The van der Waals surface area contributed by atoms with Gasteiger partial charge in [-0.1, -0.05) is 71.4 Å². The van der Waals surface area contributed by atoms with Gasteiger partial charge in [-0.3, -0.25) is 9.29 Å². The van der Waals surface area contributed by atoms with Crippen molar-refractivity contribution >= 4 is 26.7 Å². The second-order valence-corrected chi connectivity index (χ2v) is 15.0. The molecule has 1 heterocycles. The van der Waals surface area contributed by atoms with E-state index in [-0.39, 0.29) is 21.5 Å². The Morgan fingerprint density at radius 3 is 1.91 bits per heavy atom. The van der Waals surface area contributed by atoms with Crippen LogP contribution in [0.4, 0.5) is 5.69 Å². The molecule has 4 aromatic carbocycles. The Labute approximate surface area is 265 Å². The van der Waals surface area contributed by atoms with Gasteiger partial charge in [0.2, 0.25) is 0 Å². The first-order valence-corrected chi connectivity index (χ1v) is 16.2. The monoisotopic (exact) mass is 627 g/mol. The van der Waals surface area contributed by atoms with E-state index in [2.05, 4.69) is 46.3 Å². The number of sulfonamides is 1. The molecule has 0 saturated carbocycles. The standard InChI is InChI=1S/C36H41N3O5S/c1-22-14-16-24(17-15-22)45(41,42)38-28-13-11-10-12-25(28)34-37-29-20-31(43-8)32(44-9)21-30(29)39(34)23-18-26(35(2,3)4)33(40)27(19-23)36(5,6)7/h10-21,38,40H,1-9H3. The van der Waals surface area contributed by atoms with E-state index in [0.717, 1.165) is 27.9 Å². The second kappa shape index (κ2) is 11.5. The van der Waals surface area contributed by atoms with Crippen LogP contribution >= 0.6 is 0 Å². The average Bonchev–Trinajstić information content (AvgIpc) is 3.33. The molecule has 0 saturated heterocycles. The number of fused-ring (bicyclic) bond motifs is 1. The maximum atomic E-state index is 13.5. The van der Waals surface area contributed by atoms with E-state index in [1.807, 2.05) is 47.9 Å². The smallest absolute Gasteiger partial charge is 0.261 e. The van der Waals surface area contributed by atoms with E-state index in [1.54, 1.807) is 50.6 Å². The van der Waals surface area contributed by atoms with Gasteiger partial charge < -0.3 is 14.6 Å². The van der Waals surface area contributed by atoms with Crippen molar-refractivity contribution in [3.05, 3.63) is 89.5 Å². The lowest BCUT2D eigenvalue weighted by atomic mass is 9.79. The lowest BCUT2D eigenvalue weighted by Crippen LogP contribution is -2.18. The molecule has 5 aromatic rings. The molecular formula is C36H41N3O5S. The number of aryl methyl sites for hydroxylation is 1. The molecule has 0 aliphatic heterocycles. The summed E-state index contributed by atoms with van der Waals surface area (Å²) >= 11 is 0. The fraction of sp³-hybridized carbons (Fsp3) is 0.306. The maximum Gasteiger partial charge on any atom is 0.261 e. The molecule has 0 unspecified atom stereocenters. The third kappa shape index (κ3) is 6.09. The number of nitrogens with zero attached hydrogens (tertiary/aromatic N) is 2. The van der Waals surface area contributed by atoms with Gasteiger partial charge in [-0.25, -0.2) is 13.4 Å². The molecule has 45 heavy (non-hydrogen) atoms. The highest BCUT2D eigenvalue weighted by molar-refractivity contribution is 7.92. The highest BCUT2D eigenvalue weighted by Gasteiger charge is 2.29. The highest BCUT2D eigenvalue weighted by Crippen LogP contribution is 2.44. The number of phenolic OH excluding ortho intramolecular Hbond substituents is 1. The maximum absolute atomic E-state index is 13.5. The second-order valence-electron chi connectivity index (χ2n) is 13.3. The number of rotatable bonds is 7. The van der Waals surface area contributed by atoms with Gasteiger partial charge >= 0.3 is 0 Å². The van der Waals surface area contributed by atoms with Crippen molar-refractivity contribution in [1.82, 2.24) is 9.55 Å². The predicted molar refractivity (Wildman–Crippen MR) is 181 cm³/mol. The lowest BCUT2D eigenvalue weighted by Gasteiger charge is -2.28. The van der Waals surface area contributed by atoms with Gasteiger partial charge in [-0.15, -0.1) is 0 Å². The van der Waals surface area contributed by atoms with Crippen LogP contribution in [0.5, 0.6) is 17.2 Å². The third-order valence-electron chi connectivity index (χ3n) is 7.87. The summed E-state index contributed by atoms with van der Waals surface area (Å²) in [5.41, 5.74) is 4.85. The number of para-hydroxylation sites is 1. The summed E-state index contributed by atoms with van der Waals surface area (Å²) in [5.74, 6) is 1.81. The topological polar surface area (TPSA) is 103 Å². The summed E-state index contributed by atoms with van der Waals surface area (Å²) < 4.78 is 43.1. The first-order chi connectivity index (χ1) is 21.0. The van der Waals surface area contributed by atoms with Gasteiger partial charge in [0.25, 0.3) is 10.0 Å². The minimum Gasteiger partial charge on any atom is -0.507 e. The molecule has 0 amide bonds. The molecule has 0 bridgehead atoms. The van der Waals surface area contributed by atoms with Crippen molar-refractivity contribution in [2.45, 2.75) is 64.2 Å². The molecule has 0 aliphatic rings. The minimum absolute atomic E-state index is 0.161. The fourth-order valence-electron chi connectivity index (χ4n) is 5.43. The Morgan fingerprint density at radius 1 is 0.800 bits per heavy atom. The lowest BCUT2D eigenvalue weighted by molar-refractivity contribution is 0.355. The van der Waals surface area contributed by atoms with Crippen LogP contribution in [0.1, 0.15) is 58.2 Å². The predicted octanol–water partition coefficient (Wildman–Crippen LogP) is 8.12. The quantitative estimate of drug-likeness (QED) is 0.189. The zero-order chi connectivity index (χ0) is 32.9. The zero-order valence-corrected chi connectivity index (χ0v) is 28.1. The van der Waals surface area contributed by atoms with Crippen LogP contribution < -0.4 is 14.2 Å². The number of imidazole rings is 1. The van der Waals surface area contributed by atoms with Gasteiger partial charge in [-0.05, 0) is 54.2 Å². The van der Waals surface area contributed by atoms with Crippen molar-refractivity contribution in [1.29, 1.82) is 0 Å². The molecule has 0 atom stereocenters. The van der Waals surface area contributed by atoms with E-state index in [0.29, 0.717) is 34.1 Å². The zero-order valence-electron chi connectivity index (χ0n) is 27.3. The number of benzene rings is 4. The molecule has 0 spiro atoms. The molecule has 9 heteroatoms. The van der Waals surface area contributed by atoms with Crippen LogP contribution in [-0.4, -0.2) is 37.3 Å². The first kappa shape index (κ1) is 31.9. The van der Waals surface area contributed by atoms with Crippen LogP contribution in [0.2, 0.25) is 0 Å². The molecule has 5 rings (SSSR count). The SMILES string of the molecule is COc1cc2nc(-c3ccccc3NS(=O)(=O)c3ccc(C)cc3)n(-c3cc(C(C)(C)C)c(O)c(C(C)(C)C)c3)c2cc1OC. The molecular weight excluding hydrogens is 586 g/mol. The van der Waals surface area contributed by atoms with Crippen LogP contribution in [-0.2, 0) is 20.9 Å². The summed E-state index contributed by atoms with van der Waals surface area (Å²) in [4.78, 5) is 5.22. The van der Waals surface area contributed by atoms with Gasteiger partial charge in [0.1, 0.15) is 11.6 Å². The molecule has 236 valence electrons. The van der Waals surface area contributed by atoms with E-state index < -0.39 is 10.0 Å². The Balaban J connectivity index is 1.84. The summed E-state index contributed by atoms with van der Waals surface area (Å²) in [7, 11) is -0.756. The fourth-order valence-corrected chi connectivity index (χ4v) is 6.51. The van der Waals surface area contributed by atoms with E-state index in [1.165, 1.54) is 0 Å².